The van der Waals surface area contributed by atoms with E-state index in [2.05, 4.69) is 33.0 Å². The van der Waals surface area contributed by atoms with Gasteiger partial charge >= 0.3 is 0 Å². The Kier molecular flexibility index (Phi) is 7.14. The van der Waals surface area contributed by atoms with E-state index in [0.29, 0.717) is 12.0 Å². The third-order valence-corrected chi connectivity index (χ3v) is 2.58. The zero-order chi connectivity index (χ0) is 11.9. The number of rotatable bonds is 8. The van der Waals surface area contributed by atoms with Crippen molar-refractivity contribution < 1.29 is 9.84 Å². The Hall–Kier alpha value is -0.120. The van der Waals surface area contributed by atoms with Crippen LogP contribution in [0.1, 0.15) is 34.6 Å². The molecule has 92 valence electrons. The normalized spacial score (nSPS) is 14.6. The van der Waals surface area contributed by atoms with Crippen LogP contribution in [0.25, 0.3) is 0 Å². The van der Waals surface area contributed by atoms with Crippen molar-refractivity contribution in [3.05, 3.63) is 0 Å². The second-order valence-corrected chi connectivity index (χ2v) is 5.21. The molecule has 0 fully saturated rings. The number of hydrogen-bond donors (Lipinski definition) is 2. The largest absolute Gasteiger partial charge is 0.396 e. The van der Waals surface area contributed by atoms with Gasteiger partial charge in [0.15, 0.2) is 0 Å². The minimum absolute atomic E-state index is 0.0562. The fourth-order valence-electron chi connectivity index (χ4n) is 1.20. The monoisotopic (exact) mass is 217 g/mol. The van der Waals surface area contributed by atoms with E-state index in [1.807, 2.05) is 6.92 Å². The van der Waals surface area contributed by atoms with Gasteiger partial charge in [-0.3, -0.25) is 0 Å². The molecule has 3 heteroatoms. The molecule has 0 aliphatic heterocycles. The van der Waals surface area contributed by atoms with E-state index >= 15 is 0 Å². The Bertz CT molecular complexity index is 158. The average molecular weight is 217 g/mol. The van der Waals surface area contributed by atoms with Gasteiger partial charge in [0.05, 0.1) is 6.61 Å². The third kappa shape index (κ3) is 6.88. The zero-order valence-electron chi connectivity index (χ0n) is 10.8. The summed E-state index contributed by atoms with van der Waals surface area (Å²) in [6.45, 7) is 13.0. The highest BCUT2D eigenvalue weighted by Crippen LogP contribution is 2.13. The van der Waals surface area contributed by atoms with Gasteiger partial charge in [0.1, 0.15) is 0 Å². The molecule has 2 N–H and O–H groups in total. The van der Waals surface area contributed by atoms with E-state index < -0.39 is 0 Å². The summed E-state index contributed by atoms with van der Waals surface area (Å²) in [4.78, 5) is 0. The first-order chi connectivity index (χ1) is 6.93. The molecule has 0 aromatic rings. The second kappa shape index (κ2) is 7.20. The van der Waals surface area contributed by atoms with Gasteiger partial charge in [0.2, 0.25) is 0 Å². The summed E-state index contributed by atoms with van der Waals surface area (Å²) >= 11 is 0. The SMILES string of the molecule is CCOCC(NCC(C)(C)CO)C(C)C. The maximum Gasteiger partial charge on any atom is 0.0621 e. The molecule has 1 unspecified atom stereocenters. The van der Waals surface area contributed by atoms with E-state index in [-0.39, 0.29) is 12.0 Å². The Balaban J connectivity index is 3.95. The Labute approximate surface area is 94.2 Å². The smallest absolute Gasteiger partial charge is 0.0621 e. The standard InChI is InChI=1S/C12H27NO2/c1-6-15-7-11(10(2)3)13-8-12(4,5)9-14/h10-11,13-14H,6-9H2,1-5H3. The lowest BCUT2D eigenvalue weighted by Crippen LogP contribution is -2.43. The first-order valence-electron chi connectivity index (χ1n) is 5.85. The molecule has 15 heavy (non-hydrogen) atoms. The van der Waals surface area contributed by atoms with Gasteiger partial charge in [-0.15, -0.1) is 0 Å². The molecular formula is C12H27NO2. The molecule has 0 amide bonds. The summed E-state index contributed by atoms with van der Waals surface area (Å²) in [6.07, 6.45) is 0. The Morgan fingerprint density at radius 3 is 2.33 bits per heavy atom. The van der Waals surface area contributed by atoms with Crippen LogP contribution in [0.5, 0.6) is 0 Å². The average Bonchev–Trinajstić information content (AvgIpc) is 2.17. The van der Waals surface area contributed by atoms with Crippen LogP contribution in [0.3, 0.4) is 0 Å². The van der Waals surface area contributed by atoms with Gasteiger partial charge in [-0.05, 0) is 12.8 Å². The Morgan fingerprint density at radius 1 is 1.33 bits per heavy atom. The highest BCUT2D eigenvalue weighted by molar-refractivity contribution is 4.76. The summed E-state index contributed by atoms with van der Waals surface area (Å²) in [5.74, 6) is 0.547. The van der Waals surface area contributed by atoms with Gasteiger partial charge in [-0.2, -0.15) is 0 Å². The van der Waals surface area contributed by atoms with Crippen molar-refractivity contribution >= 4 is 0 Å². The lowest BCUT2D eigenvalue weighted by molar-refractivity contribution is 0.0946. The predicted molar refractivity (Wildman–Crippen MR) is 64.0 cm³/mol. The van der Waals surface area contributed by atoms with Crippen molar-refractivity contribution in [3.8, 4) is 0 Å². The minimum atomic E-state index is -0.0562. The molecule has 0 saturated carbocycles. The number of hydrogen-bond acceptors (Lipinski definition) is 3. The topological polar surface area (TPSA) is 41.5 Å². The summed E-state index contributed by atoms with van der Waals surface area (Å²) in [6, 6.07) is 0.371. The van der Waals surface area contributed by atoms with Crippen molar-refractivity contribution in [3.63, 3.8) is 0 Å². The number of nitrogens with one attached hydrogen (secondary N) is 1. The van der Waals surface area contributed by atoms with Crippen LogP contribution < -0.4 is 5.32 Å². The molecule has 0 aliphatic carbocycles. The van der Waals surface area contributed by atoms with Crippen LogP contribution in [0, 0.1) is 11.3 Å². The van der Waals surface area contributed by atoms with Crippen molar-refractivity contribution in [1.29, 1.82) is 0 Å². The van der Waals surface area contributed by atoms with E-state index in [0.717, 1.165) is 19.8 Å². The van der Waals surface area contributed by atoms with Crippen LogP contribution in [0.4, 0.5) is 0 Å². The van der Waals surface area contributed by atoms with E-state index in [1.54, 1.807) is 0 Å². The van der Waals surface area contributed by atoms with Crippen LogP contribution in [-0.2, 0) is 4.74 Å². The van der Waals surface area contributed by atoms with Crippen LogP contribution >= 0.6 is 0 Å². The fraction of sp³-hybridized carbons (Fsp3) is 1.00. The van der Waals surface area contributed by atoms with Gasteiger partial charge in [0, 0.05) is 31.2 Å². The van der Waals surface area contributed by atoms with Crippen molar-refractivity contribution in [2.45, 2.75) is 40.7 Å². The van der Waals surface area contributed by atoms with E-state index in [4.69, 9.17) is 9.84 Å². The lowest BCUT2D eigenvalue weighted by Gasteiger charge is -2.28. The van der Waals surface area contributed by atoms with Crippen LogP contribution in [-0.4, -0.2) is 37.5 Å². The van der Waals surface area contributed by atoms with Gasteiger partial charge < -0.3 is 15.2 Å². The molecule has 0 heterocycles. The number of aliphatic hydroxyl groups excluding tert-OH is 1. The third-order valence-electron chi connectivity index (χ3n) is 2.58. The molecule has 0 rings (SSSR count). The van der Waals surface area contributed by atoms with Crippen molar-refractivity contribution in [2.24, 2.45) is 11.3 Å². The summed E-state index contributed by atoms with van der Waals surface area (Å²) < 4.78 is 5.43. The summed E-state index contributed by atoms with van der Waals surface area (Å²) in [5, 5.41) is 12.6. The fourth-order valence-corrected chi connectivity index (χ4v) is 1.20. The molecule has 0 saturated heterocycles. The maximum atomic E-state index is 9.15. The van der Waals surface area contributed by atoms with Gasteiger partial charge in [-0.25, -0.2) is 0 Å². The number of aliphatic hydroxyl groups is 1. The molecule has 0 spiro atoms. The molecule has 1 atom stereocenters. The zero-order valence-corrected chi connectivity index (χ0v) is 10.8. The van der Waals surface area contributed by atoms with Gasteiger partial charge in [-0.1, -0.05) is 27.7 Å². The molecular weight excluding hydrogens is 190 g/mol. The minimum Gasteiger partial charge on any atom is -0.396 e. The molecule has 0 radical (unpaired) electrons. The quantitative estimate of drug-likeness (QED) is 0.649. The maximum absolute atomic E-state index is 9.15. The molecule has 0 aliphatic rings. The van der Waals surface area contributed by atoms with Gasteiger partial charge in [0.25, 0.3) is 0 Å². The van der Waals surface area contributed by atoms with Crippen LogP contribution in [0.2, 0.25) is 0 Å². The molecule has 0 bridgehead atoms. The highest BCUT2D eigenvalue weighted by Gasteiger charge is 2.20. The van der Waals surface area contributed by atoms with Crippen molar-refractivity contribution in [2.75, 3.05) is 26.4 Å². The first-order valence-corrected chi connectivity index (χ1v) is 5.85. The van der Waals surface area contributed by atoms with Crippen molar-refractivity contribution in [1.82, 2.24) is 5.32 Å². The first kappa shape index (κ1) is 14.9. The summed E-state index contributed by atoms with van der Waals surface area (Å²) in [7, 11) is 0. The van der Waals surface area contributed by atoms with E-state index in [9.17, 15) is 0 Å². The molecule has 3 nitrogen and oxygen atoms in total. The highest BCUT2D eigenvalue weighted by atomic mass is 16.5. The molecule has 0 aromatic carbocycles. The molecule has 0 aromatic heterocycles. The summed E-state index contributed by atoms with van der Waals surface area (Å²) in [5.41, 5.74) is -0.0562. The second-order valence-electron chi connectivity index (χ2n) is 5.21. The Morgan fingerprint density at radius 2 is 1.93 bits per heavy atom. The lowest BCUT2D eigenvalue weighted by atomic mass is 9.93. The number of ether oxygens (including phenoxy) is 1. The van der Waals surface area contributed by atoms with Crippen LogP contribution in [0.15, 0.2) is 0 Å². The predicted octanol–water partition coefficient (Wildman–Crippen LogP) is 1.66. The van der Waals surface area contributed by atoms with E-state index in [1.165, 1.54) is 0 Å².